The number of aromatic amines is 1. The van der Waals surface area contributed by atoms with Crippen LogP contribution in [-0.2, 0) is 10.0 Å². The van der Waals surface area contributed by atoms with Gasteiger partial charge in [-0.05, 0) is 42.7 Å². The minimum atomic E-state index is -4.55. The van der Waals surface area contributed by atoms with Gasteiger partial charge in [-0.1, -0.05) is 13.0 Å². The van der Waals surface area contributed by atoms with E-state index in [1.807, 2.05) is 0 Å². The first-order valence-electron chi connectivity index (χ1n) is 10.3. The molecule has 0 aliphatic carbocycles. The number of aromatic nitrogens is 2. The molecule has 0 saturated heterocycles. The summed E-state index contributed by atoms with van der Waals surface area (Å²) in [6.45, 7) is 5.02. The highest BCUT2D eigenvalue weighted by molar-refractivity contribution is 7.89. The average molecular weight is 509 g/mol. The van der Waals surface area contributed by atoms with Gasteiger partial charge in [-0.3, -0.25) is 4.79 Å². The van der Waals surface area contributed by atoms with E-state index < -0.39 is 44.4 Å². The van der Waals surface area contributed by atoms with Crippen LogP contribution in [0.5, 0.6) is 11.5 Å². The van der Waals surface area contributed by atoms with Crippen LogP contribution in [0.3, 0.4) is 0 Å². The number of nitrogens with two attached hydrogens (primary N) is 1. The first kappa shape index (κ1) is 25.9. The Morgan fingerprint density at radius 3 is 2.37 bits per heavy atom. The number of aryl methyl sites for hydroxylation is 1. The second-order valence-corrected chi connectivity index (χ2v) is 9.49. The van der Waals surface area contributed by atoms with Crippen LogP contribution in [0.1, 0.15) is 51.8 Å². The Balaban J connectivity index is 2.19. The number of nitrogens with zero attached hydrogens (tertiary/aromatic N) is 1. The Morgan fingerprint density at radius 1 is 1.20 bits per heavy atom. The molecule has 0 radical (unpaired) electrons. The van der Waals surface area contributed by atoms with Crippen molar-refractivity contribution in [1.82, 2.24) is 14.9 Å². The Hall–Kier alpha value is -3.71. The van der Waals surface area contributed by atoms with Crippen molar-refractivity contribution in [2.24, 2.45) is 5.73 Å². The summed E-state index contributed by atoms with van der Waals surface area (Å²) < 4.78 is 59.6. The van der Waals surface area contributed by atoms with Crippen LogP contribution in [0.4, 0.5) is 4.39 Å². The van der Waals surface area contributed by atoms with Gasteiger partial charge in [-0.25, -0.2) is 22.7 Å². The highest BCUT2D eigenvalue weighted by Crippen LogP contribution is 2.37. The van der Waals surface area contributed by atoms with Gasteiger partial charge >= 0.3 is 5.76 Å². The molecule has 2 aromatic carbocycles. The molecule has 3 rings (SSSR count). The van der Waals surface area contributed by atoms with Gasteiger partial charge in [-0.2, -0.15) is 4.72 Å². The molecular weight excluding hydrogens is 483 g/mol. The maximum atomic E-state index is 14.9. The smallest absolute Gasteiger partial charge is 0.434 e. The third kappa shape index (κ3) is 5.05. The molecular formula is C22H25FN4O7S. The Kier molecular flexibility index (Phi) is 7.31. The van der Waals surface area contributed by atoms with Gasteiger partial charge in [0.2, 0.25) is 21.8 Å². The van der Waals surface area contributed by atoms with Crippen molar-refractivity contribution in [2.75, 3.05) is 14.2 Å². The molecule has 13 heteroatoms. The maximum Gasteiger partial charge on any atom is 0.434 e. The summed E-state index contributed by atoms with van der Waals surface area (Å²) in [5, 5.41) is 5.82. The highest BCUT2D eigenvalue weighted by Gasteiger charge is 2.35. The van der Waals surface area contributed by atoms with Gasteiger partial charge in [0.25, 0.3) is 0 Å². The fraction of sp³-hybridized carbons (Fsp3) is 0.318. The molecule has 1 heterocycles. The number of hydrogen-bond donors (Lipinski definition) is 3. The zero-order valence-corrected chi connectivity index (χ0v) is 20.4. The second-order valence-electron chi connectivity index (χ2n) is 7.81. The predicted octanol–water partition coefficient (Wildman–Crippen LogP) is 2.06. The number of benzene rings is 2. The third-order valence-corrected chi connectivity index (χ3v) is 7.21. The topological polar surface area (TPSA) is 167 Å². The summed E-state index contributed by atoms with van der Waals surface area (Å²) in [5.74, 6) is -3.66. The molecule has 0 fully saturated rings. The van der Waals surface area contributed by atoms with Crippen molar-refractivity contribution in [1.29, 1.82) is 0 Å². The van der Waals surface area contributed by atoms with E-state index in [1.165, 1.54) is 20.3 Å². The number of amides is 1. The number of carbonyl (C=O) groups excluding carboxylic acids is 1. The quantitative estimate of drug-likeness (QED) is 0.395. The number of primary amides is 1. The molecule has 1 amide bonds. The Morgan fingerprint density at radius 2 is 1.83 bits per heavy atom. The molecule has 3 aromatic rings. The standard InChI is InChI=1S/C22H25FN4O7S/c1-10-6-7-14(23)18(11(10)2)12(3)19(21-25-26-22(29)34-21)27-35(30,31)17-9-16(33-5)15(32-4)8-13(17)20(24)28/h6-9,12,19,27H,1-5H3,(H2,24,28)(H,26,29). The fourth-order valence-corrected chi connectivity index (χ4v) is 5.25. The van der Waals surface area contributed by atoms with E-state index in [2.05, 4.69) is 14.9 Å². The number of carbonyl (C=O) groups is 1. The minimum absolute atomic E-state index is 0.0225. The van der Waals surface area contributed by atoms with Crippen LogP contribution in [0.2, 0.25) is 0 Å². The predicted molar refractivity (Wildman–Crippen MR) is 123 cm³/mol. The highest BCUT2D eigenvalue weighted by atomic mass is 32.2. The molecule has 0 aliphatic rings. The molecule has 4 N–H and O–H groups in total. The van der Waals surface area contributed by atoms with E-state index in [-0.39, 0.29) is 28.5 Å². The average Bonchev–Trinajstić information content (AvgIpc) is 3.24. The van der Waals surface area contributed by atoms with Gasteiger partial charge in [0, 0.05) is 12.0 Å². The summed E-state index contributed by atoms with van der Waals surface area (Å²) in [7, 11) is -1.94. The van der Waals surface area contributed by atoms with Crippen LogP contribution in [0.25, 0.3) is 0 Å². The molecule has 1 aromatic heterocycles. The van der Waals surface area contributed by atoms with Gasteiger partial charge in [-0.15, -0.1) is 5.10 Å². The largest absolute Gasteiger partial charge is 0.493 e. The number of hydrogen-bond acceptors (Lipinski definition) is 8. The van der Waals surface area contributed by atoms with Crippen molar-refractivity contribution in [3.05, 3.63) is 68.8 Å². The number of H-pyrrole nitrogens is 1. The second kappa shape index (κ2) is 9.88. The third-order valence-electron chi connectivity index (χ3n) is 5.73. The molecule has 0 bridgehead atoms. The molecule has 35 heavy (non-hydrogen) atoms. The monoisotopic (exact) mass is 508 g/mol. The maximum absolute atomic E-state index is 14.9. The Bertz CT molecular complexity index is 1430. The van der Waals surface area contributed by atoms with E-state index in [4.69, 9.17) is 19.6 Å². The van der Waals surface area contributed by atoms with Gasteiger partial charge in [0.1, 0.15) is 11.9 Å². The number of sulfonamides is 1. The normalized spacial score (nSPS) is 13.3. The van der Waals surface area contributed by atoms with Crippen molar-refractivity contribution in [3.8, 4) is 11.5 Å². The Labute approximate surface area is 200 Å². The SMILES string of the molecule is COc1cc(C(N)=O)c(S(=O)(=O)NC(c2n[nH]c(=O)o2)C(C)c2c(F)ccc(C)c2C)cc1OC. The lowest BCUT2D eigenvalue weighted by molar-refractivity contribution is 0.0996. The number of halogens is 1. The number of nitrogens with one attached hydrogen (secondary N) is 2. The van der Waals surface area contributed by atoms with Crippen LogP contribution < -0.4 is 25.7 Å². The lowest BCUT2D eigenvalue weighted by Gasteiger charge is -2.25. The summed E-state index contributed by atoms with van der Waals surface area (Å²) in [6, 6.07) is 3.72. The zero-order valence-electron chi connectivity index (χ0n) is 19.6. The summed E-state index contributed by atoms with van der Waals surface area (Å²) in [5.41, 5.74) is 6.61. The minimum Gasteiger partial charge on any atom is -0.493 e. The van der Waals surface area contributed by atoms with Gasteiger partial charge < -0.3 is 19.6 Å². The first-order chi connectivity index (χ1) is 16.4. The molecule has 2 unspecified atom stereocenters. The van der Waals surface area contributed by atoms with E-state index in [0.29, 0.717) is 5.56 Å². The lowest BCUT2D eigenvalue weighted by Crippen LogP contribution is -2.34. The first-order valence-corrected chi connectivity index (χ1v) is 11.8. The molecule has 11 nitrogen and oxygen atoms in total. The summed E-state index contributed by atoms with van der Waals surface area (Å²) in [6.07, 6.45) is 0. The van der Waals surface area contributed by atoms with Gasteiger partial charge in [0.05, 0.1) is 24.7 Å². The number of ether oxygens (including phenoxy) is 2. The van der Waals surface area contributed by atoms with Crippen LogP contribution >= 0.6 is 0 Å². The van der Waals surface area contributed by atoms with E-state index in [1.54, 1.807) is 26.8 Å². The number of methoxy groups -OCH3 is 2. The molecule has 188 valence electrons. The molecule has 0 saturated carbocycles. The molecule has 0 spiro atoms. The molecule has 2 atom stereocenters. The lowest BCUT2D eigenvalue weighted by atomic mass is 9.88. The van der Waals surface area contributed by atoms with Crippen molar-refractivity contribution in [3.63, 3.8) is 0 Å². The van der Waals surface area contributed by atoms with Crippen LogP contribution in [-0.4, -0.2) is 38.7 Å². The summed E-state index contributed by atoms with van der Waals surface area (Å²) >= 11 is 0. The fourth-order valence-electron chi connectivity index (χ4n) is 3.78. The van der Waals surface area contributed by atoms with Gasteiger partial charge in [0.15, 0.2) is 11.5 Å². The van der Waals surface area contributed by atoms with E-state index in [0.717, 1.165) is 17.7 Å². The van der Waals surface area contributed by atoms with E-state index >= 15 is 0 Å². The molecule has 0 aliphatic heterocycles. The zero-order chi connectivity index (χ0) is 26.1. The van der Waals surface area contributed by atoms with Crippen molar-refractivity contribution < 1.29 is 31.5 Å². The van der Waals surface area contributed by atoms with E-state index in [9.17, 15) is 22.4 Å². The van der Waals surface area contributed by atoms with Crippen molar-refractivity contribution >= 4 is 15.9 Å². The summed E-state index contributed by atoms with van der Waals surface area (Å²) in [4.78, 5) is 23.2. The number of rotatable bonds is 9. The van der Waals surface area contributed by atoms with Crippen molar-refractivity contribution in [2.45, 2.75) is 37.6 Å². The van der Waals surface area contributed by atoms with Crippen LogP contribution in [0, 0.1) is 19.7 Å². The van der Waals surface area contributed by atoms with Crippen LogP contribution in [0.15, 0.2) is 38.4 Å².